The number of cyclic esters (lactones) is 1. The van der Waals surface area contributed by atoms with Gasteiger partial charge in [0.05, 0.1) is 30.7 Å². The number of ether oxygens (including phenoxy) is 2. The van der Waals surface area contributed by atoms with Gasteiger partial charge in [-0.15, -0.1) is 0 Å². The molecule has 0 unspecified atom stereocenters. The quantitative estimate of drug-likeness (QED) is 0.343. The third-order valence-corrected chi connectivity index (χ3v) is 10.6. The second kappa shape index (κ2) is 14.1. The lowest BCUT2D eigenvalue weighted by molar-refractivity contribution is -0.165. The number of nitrogens with zero attached hydrogens (tertiary/aromatic N) is 3. The second-order valence-corrected chi connectivity index (χ2v) is 13.2. The van der Waals surface area contributed by atoms with E-state index in [-0.39, 0.29) is 36.7 Å². The smallest absolute Gasteiger partial charge is 0.313 e. The molecule has 2 fully saturated rings. The van der Waals surface area contributed by atoms with E-state index in [0.29, 0.717) is 25.9 Å². The lowest BCUT2D eigenvalue weighted by atomic mass is 9.77. The van der Waals surface area contributed by atoms with Gasteiger partial charge in [-0.05, 0) is 31.2 Å². The molecule has 0 aromatic heterocycles. The van der Waals surface area contributed by atoms with Crippen molar-refractivity contribution in [1.82, 2.24) is 14.7 Å². The number of carbonyl (C=O) groups is 4. The van der Waals surface area contributed by atoms with E-state index in [2.05, 4.69) is 6.92 Å². The normalized spacial score (nSPS) is 33.7. The average molecular weight is 636 g/mol. The highest BCUT2D eigenvalue weighted by molar-refractivity contribution is 5.99. The van der Waals surface area contributed by atoms with Gasteiger partial charge in [-0.1, -0.05) is 88.2 Å². The Hall–Kier alpha value is -3.50. The third-order valence-electron chi connectivity index (χ3n) is 10.6. The highest BCUT2D eigenvalue weighted by Gasteiger charge is 2.72. The summed E-state index contributed by atoms with van der Waals surface area (Å²) in [5.74, 6) is -3.53. The van der Waals surface area contributed by atoms with Crippen LogP contribution in [0.25, 0.3) is 0 Å². The molecule has 250 valence electrons. The number of rotatable bonds is 8. The highest BCUT2D eigenvalue weighted by atomic mass is 16.6. The first kappa shape index (κ1) is 33.9. The number of hydrogen-bond donors (Lipinski definition) is 1. The zero-order chi connectivity index (χ0) is 33.2. The molecule has 0 saturated carbocycles. The van der Waals surface area contributed by atoms with E-state index in [1.807, 2.05) is 69.3 Å². The molecular formula is C36H49N3O7. The zero-order valence-electron chi connectivity index (χ0n) is 27.7. The second-order valence-electron chi connectivity index (χ2n) is 13.2. The van der Waals surface area contributed by atoms with Crippen LogP contribution in [0.15, 0.2) is 54.6 Å². The standard InChI is InChI=1S/C36H49N3O7/c1-6-8-20-38-21-14-19-36-30(33(42)39(32(36)34(38)43)26(22-40)23(3)7-2)29-27(46-36)17-12-13-18-28(41)37(5)24(4)31(45-35(29)44)25-15-10-9-11-16-25/h9-12,14-17,19,23-24,26-27,29-32,40H,6-8,13,18,20-22H2,1-5H3/b17-12-/t23-,24+,26-,27+,29-,30-,31-,32+,36-/m0/s1. The third kappa shape index (κ3) is 5.90. The fourth-order valence-corrected chi connectivity index (χ4v) is 7.60. The fourth-order valence-electron chi connectivity index (χ4n) is 7.60. The Balaban J connectivity index is 1.63. The molecular weight excluding hydrogens is 586 g/mol. The molecule has 3 amide bonds. The first-order chi connectivity index (χ1) is 22.1. The monoisotopic (exact) mass is 635 g/mol. The van der Waals surface area contributed by atoms with Crippen LogP contribution in [0.1, 0.15) is 71.5 Å². The van der Waals surface area contributed by atoms with E-state index in [9.17, 15) is 24.3 Å². The van der Waals surface area contributed by atoms with Crippen LogP contribution in [0.2, 0.25) is 0 Å². The molecule has 4 aliphatic heterocycles. The molecule has 1 N–H and O–H groups in total. The van der Waals surface area contributed by atoms with Crippen LogP contribution in [0.5, 0.6) is 0 Å². The fraction of sp³-hybridized carbons (Fsp3) is 0.611. The molecule has 10 nitrogen and oxygen atoms in total. The number of amides is 3. The largest absolute Gasteiger partial charge is 0.455 e. The van der Waals surface area contributed by atoms with Gasteiger partial charge in [0.1, 0.15) is 23.7 Å². The predicted octanol–water partition coefficient (Wildman–Crippen LogP) is 3.65. The summed E-state index contributed by atoms with van der Waals surface area (Å²) in [6.07, 6.45) is 8.67. The van der Waals surface area contributed by atoms with Crippen LogP contribution in [-0.2, 0) is 28.7 Å². The Kier molecular flexibility index (Phi) is 10.4. The maximum absolute atomic E-state index is 14.8. The lowest BCUT2D eigenvalue weighted by Crippen LogP contribution is -2.59. The number of aliphatic hydroxyl groups is 1. The van der Waals surface area contributed by atoms with Gasteiger partial charge < -0.3 is 29.3 Å². The Morgan fingerprint density at radius 2 is 1.80 bits per heavy atom. The summed E-state index contributed by atoms with van der Waals surface area (Å²) < 4.78 is 13.1. The Morgan fingerprint density at radius 1 is 1.07 bits per heavy atom. The molecule has 4 aliphatic rings. The zero-order valence-corrected chi connectivity index (χ0v) is 27.7. The van der Waals surface area contributed by atoms with Gasteiger partial charge in [-0.25, -0.2) is 0 Å². The number of likely N-dealkylation sites (tertiary alicyclic amines) is 1. The Labute approximate surface area is 272 Å². The number of fused-ring (bicyclic) bond motifs is 2. The van der Waals surface area contributed by atoms with E-state index >= 15 is 0 Å². The SMILES string of the molecule is CCCCN1CC=C[C@]23O[C@@H]4/C=C\CCC(=O)N(C)[C@H](C)[C@@H](c5ccccc5)OC(=O)[C@@H]4[C@H]2C(=O)N([C@@H](CO)[C@@H](C)CC)[C@@H]3C1=O. The lowest BCUT2D eigenvalue weighted by Gasteiger charge is -2.40. The molecule has 1 spiro atoms. The van der Waals surface area contributed by atoms with Gasteiger partial charge >= 0.3 is 5.97 Å². The van der Waals surface area contributed by atoms with Gasteiger partial charge in [-0.3, -0.25) is 19.2 Å². The summed E-state index contributed by atoms with van der Waals surface area (Å²) in [5.41, 5.74) is -0.707. The number of unbranched alkanes of at least 4 members (excludes halogenated alkanes) is 1. The maximum atomic E-state index is 14.8. The van der Waals surface area contributed by atoms with Crippen molar-refractivity contribution >= 4 is 23.7 Å². The van der Waals surface area contributed by atoms with Crippen molar-refractivity contribution in [3.63, 3.8) is 0 Å². The number of carbonyl (C=O) groups excluding carboxylic acids is 4. The van der Waals surface area contributed by atoms with Crippen molar-refractivity contribution in [1.29, 1.82) is 0 Å². The molecule has 9 atom stereocenters. The molecule has 0 radical (unpaired) electrons. The van der Waals surface area contributed by atoms with Crippen LogP contribution in [0.3, 0.4) is 0 Å². The predicted molar refractivity (Wildman–Crippen MR) is 172 cm³/mol. The topological polar surface area (TPSA) is 117 Å². The number of allylic oxidation sites excluding steroid dienone is 1. The molecule has 1 aromatic rings. The number of benzene rings is 1. The van der Waals surface area contributed by atoms with E-state index in [1.165, 1.54) is 4.90 Å². The van der Waals surface area contributed by atoms with Gasteiger partial charge in [0.2, 0.25) is 17.7 Å². The van der Waals surface area contributed by atoms with Gasteiger partial charge in [0.15, 0.2) is 0 Å². The minimum atomic E-state index is -1.44. The summed E-state index contributed by atoms with van der Waals surface area (Å²) >= 11 is 0. The molecule has 5 rings (SSSR count). The summed E-state index contributed by atoms with van der Waals surface area (Å²) in [7, 11) is 1.71. The van der Waals surface area contributed by atoms with Crippen LogP contribution in [-0.4, -0.2) is 100 Å². The van der Waals surface area contributed by atoms with Crippen molar-refractivity contribution in [2.24, 2.45) is 17.8 Å². The van der Waals surface area contributed by atoms with Crippen molar-refractivity contribution in [2.45, 2.75) is 95.7 Å². The van der Waals surface area contributed by atoms with Crippen LogP contribution < -0.4 is 0 Å². The van der Waals surface area contributed by atoms with E-state index < -0.39 is 53.7 Å². The molecule has 0 bridgehead atoms. The number of likely N-dealkylation sites (N-methyl/N-ethyl adjacent to an activating group) is 1. The van der Waals surface area contributed by atoms with E-state index in [0.717, 1.165) is 18.4 Å². The molecule has 4 heterocycles. The molecule has 0 aliphatic carbocycles. The summed E-state index contributed by atoms with van der Waals surface area (Å²) in [4.78, 5) is 61.8. The minimum absolute atomic E-state index is 0.0792. The van der Waals surface area contributed by atoms with Crippen molar-refractivity contribution in [3.05, 3.63) is 60.2 Å². The van der Waals surface area contributed by atoms with Gasteiger partial charge in [-0.2, -0.15) is 0 Å². The number of hydrogen-bond acceptors (Lipinski definition) is 7. The van der Waals surface area contributed by atoms with E-state index in [4.69, 9.17) is 9.47 Å². The van der Waals surface area contributed by atoms with Crippen molar-refractivity contribution in [2.75, 3.05) is 26.7 Å². The minimum Gasteiger partial charge on any atom is -0.455 e. The summed E-state index contributed by atoms with van der Waals surface area (Å²) in [6.45, 7) is 8.42. The number of esters is 1. The van der Waals surface area contributed by atoms with Gasteiger partial charge in [0, 0.05) is 26.6 Å². The van der Waals surface area contributed by atoms with Crippen LogP contribution in [0.4, 0.5) is 0 Å². The van der Waals surface area contributed by atoms with Gasteiger partial charge in [0.25, 0.3) is 0 Å². The maximum Gasteiger partial charge on any atom is 0.313 e. The summed E-state index contributed by atoms with van der Waals surface area (Å²) in [5, 5.41) is 10.6. The molecule has 1 aromatic carbocycles. The average Bonchev–Trinajstić information content (AvgIpc) is 3.45. The van der Waals surface area contributed by atoms with Crippen LogP contribution in [0, 0.1) is 17.8 Å². The first-order valence-electron chi connectivity index (χ1n) is 16.9. The number of aliphatic hydroxyl groups excluding tert-OH is 1. The molecule has 10 heteroatoms. The Bertz CT molecular complexity index is 1350. The van der Waals surface area contributed by atoms with Crippen molar-refractivity contribution < 1.29 is 33.8 Å². The van der Waals surface area contributed by atoms with E-state index in [1.54, 1.807) is 22.9 Å². The molecule has 2 saturated heterocycles. The Morgan fingerprint density at radius 3 is 2.48 bits per heavy atom. The van der Waals surface area contributed by atoms with Crippen molar-refractivity contribution in [3.8, 4) is 0 Å². The first-order valence-corrected chi connectivity index (χ1v) is 16.9. The van der Waals surface area contributed by atoms with Crippen LogP contribution >= 0.6 is 0 Å². The highest BCUT2D eigenvalue weighted by Crippen LogP contribution is 2.54. The summed E-state index contributed by atoms with van der Waals surface area (Å²) in [6, 6.07) is 7.12. The molecule has 46 heavy (non-hydrogen) atoms.